The Balaban J connectivity index is 2.90. The Morgan fingerprint density at radius 2 is 2.12 bits per heavy atom. The summed E-state index contributed by atoms with van der Waals surface area (Å²) in [6.07, 6.45) is 0. The van der Waals surface area contributed by atoms with E-state index in [1.165, 1.54) is 11.6 Å². The van der Waals surface area contributed by atoms with Crippen molar-refractivity contribution < 1.29 is 13.2 Å². The van der Waals surface area contributed by atoms with Crippen LogP contribution in [-0.2, 0) is 9.05 Å². The molecule has 0 saturated heterocycles. The van der Waals surface area contributed by atoms with Crippen molar-refractivity contribution in [1.82, 2.24) is 0 Å². The van der Waals surface area contributed by atoms with Crippen LogP contribution in [0.4, 0.5) is 0 Å². The molecule has 0 radical (unpaired) electrons. The summed E-state index contributed by atoms with van der Waals surface area (Å²) in [5.74, 6) is 0.574. The van der Waals surface area contributed by atoms with E-state index in [2.05, 4.69) is 0 Å². The first-order valence-electron chi connectivity index (χ1n) is 4.78. The van der Waals surface area contributed by atoms with Crippen LogP contribution in [0, 0.1) is 6.92 Å². The van der Waals surface area contributed by atoms with Gasteiger partial charge >= 0.3 is 0 Å². The molecule has 0 aliphatic carbocycles. The zero-order chi connectivity index (χ0) is 13.1. The van der Waals surface area contributed by atoms with E-state index >= 15 is 0 Å². The maximum Gasteiger partial charge on any atom is 0.261 e. The number of hydrogen-bond acceptors (Lipinski definition) is 3. The van der Waals surface area contributed by atoms with Crippen molar-refractivity contribution in [2.75, 3.05) is 6.61 Å². The van der Waals surface area contributed by atoms with Crippen molar-refractivity contribution in [2.45, 2.75) is 18.7 Å². The third-order valence-corrected chi connectivity index (χ3v) is 3.92. The zero-order valence-electron chi connectivity index (χ0n) is 9.41. The summed E-state index contributed by atoms with van der Waals surface area (Å²) in [6.45, 7) is 3.85. The van der Waals surface area contributed by atoms with Crippen LogP contribution in [0.3, 0.4) is 0 Å². The Labute approximate surface area is 110 Å². The molecule has 1 rings (SSSR count). The van der Waals surface area contributed by atoms with Crippen molar-refractivity contribution in [3.05, 3.63) is 34.9 Å². The van der Waals surface area contributed by atoms with E-state index in [-0.39, 0.29) is 4.90 Å². The summed E-state index contributed by atoms with van der Waals surface area (Å²) >= 11 is 5.50. The summed E-state index contributed by atoms with van der Waals surface area (Å²) in [7, 11) is 1.57. The number of halogens is 2. The molecule has 0 unspecified atom stereocenters. The smallest absolute Gasteiger partial charge is 0.261 e. The Kier molecular flexibility index (Phi) is 4.86. The van der Waals surface area contributed by atoms with Crippen LogP contribution in [0.5, 0.6) is 5.75 Å². The van der Waals surface area contributed by atoms with Gasteiger partial charge in [0.15, 0.2) is 0 Å². The number of ether oxygens (including phenoxy) is 1. The Bertz CT molecular complexity index is 536. The molecule has 0 aliphatic heterocycles. The van der Waals surface area contributed by atoms with Crippen molar-refractivity contribution in [3.8, 4) is 5.75 Å². The summed E-state index contributed by atoms with van der Waals surface area (Å²) in [5, 5.41) is 0. The van der Waals surface area contributed by atoms with Crippen LogP contribution in [0.25, 0.3) is 0 Å². The third kappa shape index (κ3) is 4.22. The molecule has 0 spiro atoms. The highest BCUT2D eigenvalue weighted by Gasteiger charge is 2.13. The largest absolute Gasteiger partial charge is 0.489 e. The third-order valence-electron chi connectivity index (χ3n) is 2.06. The topological polar surface area (TPSA) is 43.4 Å². The molecular formula is C11H12Cl2O3S. The van der Waals surface area contributed by atoms with Gasteiger partial charge in [-0.2, -0.15) is 0 Å². The highest BCUT2D eigenvalue weighted by molar-refractivity contribution is 8.13. The van der Waals surface area contributed by atoms with Crippen molar-refractivity contribution in [1.29, 1.82) is 0 Å². The van der Waals surface area contributed by atoms with Crippen LogP contribution < -0.4 is 4.74 Å². The molecule has 1 aromatic carbocycles. The lowest BCUT2D eigenvalue weighted by Gasteiger charge is -2.08. The minimum absolute atomic E-state index is 0.0936. The van der Waals surface area contributed by atoms with Crippen LogP contribution in [-0.4, -0.2) is 15.0 Å². The first-order chi connectivity index (χ1) is 7.84. The van der Waals surface area contributed by atoms with Crippen molar-refractivity contribution in [2.24, 2.45) is 0 Å². The lowest BCUT2D eigenvalue weighted by molar-refractivity contribution is 0.352. The molecule has 6 heteroatoms. The van der Waals surface area contributed by atoms with E-state index in [0.717, 1.165) is 5.57 Å². The summed E-state index contributed by atoms with van der Waals surface area (Å²) in [4.78, 5) is 0.0936. The molecule has 94 valence electrons. The first-order valence-corrected chi connectivity index (χ1v) is 7.53. The van der Waals surface area contributed by atoms with Crippen LogP contribution in [0.15, 0.2) is 34.2 Å². The van der Waals surface area contributed by atoms with E-state index in [1.54, 1.807) is 19.1 Å². The molecule has 1 aromatic rings. The van der Waals surface area contributed by atoms with Gasteiger partial charge in [0.1, 0.15) is 12.4 Å². The predicted molar refractivity (Wildman–Crippen MR) is 69.3 cm³/mol. The Hall–Kier alpha value is -0.710. The quantitative estimate of drug-likeness (QED) is 0.799. The van der Waals surface area contributed by atoms with Gasteiger partial charge in [-0.05, 0) is 43.2 Å². The summed E-state index contributed by atoms with van der Waals surface area (Å²) in [5.41, 5.74) is 2.85. The van der Waals surface area contributed by atoms with E-state index in [9.17, 15) is 8.42 Å². The maximum atomic E-state index is 11.2. The molecule has 0 amide bonds. The molecule has 0 atom stereocenters. The van der Waals surface area contributed by atoms with Crippen molar-refractivity contribution in [3.63, 3.8) is 0 Å². The second-order valence-corrected chi connectivity index (χ2v) is 6.36. The molecule has 0 aromatic heterocycles. The standard InChI is InChI=1S/C11H12Cl2O3S/c1-8(6-12)7-16-10-3-4-11(9(2)5-10)17(13,14)15/h3-6H,7H2,1-2H3/b8-6-. The molecule has 0 N–H and O–H groups in total. The van der Waals surface area contributed by atoms with Gasteiger partial charge in [-0.3, -0.25) is 0 Å². The lowest BCUT2D eigenvalue weighted by Crippen LogP contribution is -2.00. The Morgan fingerprint density at radius 1 is 1.47 bits per heavy atom. The predicted octanol–water partition coefficient (Wildman–Crippen LogP) is 3.44. The molecule has 0 fully saturated rings. The maximum absolute atomic E-state index is 11.2. The highest BCUT2D eigenvalue weighted by atomic mass is 35.7. The number of rotatable bonds is 4. The van der Waals surface area contributed by atoms with E-state index in [4.69, 9.17) is 27.0 Å². The van der Waals surface area contributed by atoms with Crippen LogP contribution in [0.2, 0.25) is 0 Å². The average molecular weight is 295 g/mol. The van der Waals surface area contributed by atoms with Gasteiger partial charge < -0.3 is 4.74 Å². The van der Waals surface area contributed by atoms with E-state index in [0.29, 0.717) is 17.9 Å². The molecule has 0 bridgehead atoms. The molecule has 17 heavy (non-hydrogen) atoms. The van der Waals surface area contributed by atoms with Gasteiger partial charge in [0.25, 0.3) is 9.05 Å². The first kappa shape index (κ1) is 14.4. The minimum atomic E-state index is -3.70. The van der Waals surface area contributed by atoms with Crippen molar-refractivity contribution >= 4 is 31.3 Å². The number of aryl methyl sites for hydroxylation is 1. The van der Waals surface area contributed by atoms with Crippen LogP contribution in [0.1, 0.15) is 12.5 Å². The highest BCUT2D eigenvalue weighted by Crippen LogP contribution is 2.24. The monoisotopic (exact) mass is 294 g/mol. The molecule has 0 saturated carbocycles. The van der Waals surface area contributed by atoms with Gasteiger partial charge in [0, 0.05) is 16.2 Å². The molecule has 0 aliphatic rings. The molecule has 3 nitrogen and oxygen atoms in total. The number of benzene rings is 1. The SMILES string of the molecule is C/C(=C/Cl)COc1ccc(S(=O)(=O)Cl)c(C)c1. The lowest BCUT2D eigenvalue weighted by atomic mass is 10.2. The minimum Gasteiger partial charge on any atom is -0.489 e. The second kappa shape index (κ2) is 5.76. The molecule has 0 heterocycles. The fraction of sp³-hybridized carbons (Fsp3) is 0.273. The molecular weight excluding hydrogens is 283 g/mol. The van der Waals surface area contributed by atoms with Crippen LogP contribution >= 0.6 is 22.3 Å². The summed E-state index contributed by atoms with van der Waals surface area (Å²) in [6, 6.07) is 4.60. The number of hydrogen-bond donors (Lipinski definition) is 0. The average Bonchev–Trinajstić information content (AvgIpc) is 2.24. The van der Waals surface area contributed by atoms with E-state index < -0.39 is 9.05 Å². The fourth-order valence-corrected chi connectivity index (χ4v) is 2.47. The summed E-state index contributed by atoms with van der Waals surface area (Å²) < 4.78 is 27.8. The van der Waals surface area contributed by atoms with Gasteiger partial charge in [-0.25, -0.2) is 8.42 Å². The van der Waals surface area contributed by atoms with Gasteiger partial charge in [0.2, 0.25) is 0 Å². The normalized spacial score (nSPS) is 12.6. The second-order valence-electron chi connectivity index (χ2n) is 3.61. The Morgan fingerprint density at radius 3 is 2.59 bits per heavy atom. The fourth-order valence-electron chi connectivity index (χ4n) is 1.21. The van der Waals surface area contributed by atoms with Gasteiger partial charge in [-0.15, -0.1) is 0 Å². The van der Waals surface area contributed by atoms with Gasteiger partial charge in [-0.1, -0.05) is 11.6 Å². The van der Waals surface area contributed by atoms with E-state index in [1.807, 2.05) is 6.92 Å². The zero-order valence-corrected chi connectivity index (χ0v) is 11.7. The van der Waals surface area contributed by atoms with Gasteiger partial charge in [0.05, 0.1) is 4.90 Å².